The number of carbonyl (C=O) groups is 2. The molecule has 0 atom stereocenters. The number of anilines is 1. The summed E-state index contributed by atoms with van der Waals surface area (Å²) in [6.45, 7) is 7.79. The van der Waals surface area contributed by atoms with E-state index in [1.165, 1.54) is 12.1 Å². The highest BCUT2D eigenvalue weighted by Crippen LogP contribution is 2.25. The Morgan fingerprint density at radius 1 is 1.12 bits per heavy atom. The van der Waals surface area contributed by atoms with E-state index < -0.39 is 5.41 Å². The molecule has 0 aliphatic carbocycles. The van der Waals surface area contributed by atoms with E-state index in [2.05, 4.69) is 5.32 Å². The van der Waals surface area contributed by atoms with Gasteiger partial charge < -0.3 is 10.2 Å². The Kier molecular flexibility index (Phi) is 6.14. The molecular formula is C21H25FN2O2. The van der Waals surface area contributed by atoms with Gasteiger partial charge in [-0.2, -0.15) is 0 Å². The molecule has 0 fully saturated rings. The summed E-state index contributed by atoms with van der Waals surface area (Å²) in [6, 6.07) is 13.5. The summed E-state index contributed by atoms with van der Waals surface area (Å²) in [5.74, 6) is -0.951. The van der Waals surface area contributed by atoms with Gasteiger partial charge in [-0.15, -0.1) is 0 Å². The molecule has 138 valence electrons. The maximum Gasteiger partial charge on any atom is 0.242 e. The number of hydrogen-bond acceptors (Lipinski definition) is 2. The molecule has 5 heteroatoms. The highest BCUT2D eigenvalue weighted by molar-refractivity contribution is 6.11. The predicted octanol–water partition coefficient (Wildman–Crippen LogP) is 3.83. The highest BCUT2D eigenvalue weighted by atomic mass is 19.1. The lowest BCUT2D eigenvalue weighted by Crippen LogP contribution is -2.49. The monoisotopic (exact) mass is 356 g/mol. The molecule has 2 rings (SSSR count). The molecule has 0 spiro atoms. The lowest BCUT2D eigenvalue weighted by Gasteiger charge is -2.30. The zero-order valence-corrected chi connectivity index (χ0v) is 15.7. The molecule has 0 saturated carbocycles. The molecule has 2 aromatic rings. The summed E-state index contributed by atoms with van der Waals surface area (Å²) in [4.78, 5) is 27.3. The van der Waals surface area contributed by atoms with Crippen LogP contribution in [-0.2, 0) is 16.1 Å². The second-order valence-electron chi connectivity index (χ2n) is 6.82. The van der Waals surface area contributed by atoms with Crippen LogP contribution in [0.15, 0.2) is 48.5 Å². The van der Waals surface area contributed by atoms with Crippen molar-refractivity contribution in [2.45, 2.75) is 34.2 Å². The topological polar surface area (TPSA) is 49.4 Å². The van der Waals surface area contributed by atoms with Gasteiger partial charge in [0.1, 0.15) is 11.2 Å². The fourth-order valence-corrected chi connectivity index (χ4v) is 2.68. The van der Waals surface area contributed by atoms with Crippen molar-refractivity contribution in [1.29, 1.82) is 0 Å². The first-order valence-electron chi connectivity index (χ1n) is 8.67. The standard InChI is InChI=1S/C21H25FN2O2/c1-5-24(18-8-6-7-15(2)13-18)20(26)21(3,4)19(25)23-14-16-9-11-17(22)12-10-16/h6-13H,5,14H2,1-4H3,(H,23,25). The molecule has 2 aromatic carbocycles. The maximum absolute atomic E-state index is 13.0. The molecule has 26 heavy (non-hydrogen) atoms. The van der Waals surface area contributed by atoms with Gasteiger partial charge in [0.15, 0.2) is 0 Å². The van der Waals surface area contributed by atoms with Gasteiger partial charge in [-0.1, -0.05) is 24.3 Å². The van der Waals surface area contributed by atoms with Crippen LogP contribution >= 0.6 is 0 Å². The number of aryl methyl sites for hydroxylation is 1. The first-order valence-corrected chi connectivity index (χ1v) is 8.67. The molecule has 0 aromatic heterocycles. The number of carbonyl (C=O) groups excluding carboxylic acids is 2. The quantitative estimate of drug-likeness (QED) is 0.800. The van der Waals surface area contributed by atoms with E-state index in [4.69, 9.17) is 0 Å². The van der Waals surface area contributed by atoms with Crippen molar-refractivity contribution >= 4 is 17.5 Å². The largest absolute Gasteiger partial charge is 0.351 e. The number of benzene rings is 2. The van der Waals surface area contributed by atoms with Crippen molar-refractivity contribution < 1.29 is 14.0 Å². The SMILES string of the molecule is CCN(C(=O)C(C)(C)C(=O)NCc1ccc(F)cc1)c1cccc(C)c1. The minimum atomic E-state index is -1.22. The Bertz CT molecular complexity index is 785. The third-order valence-corrected chi connectivity index (χ3v) is 4.34. The van der Waals surface area contributed by atoms with Crippen molar-refractivity contribution in [1.82, 2.24) is 5.32 Å². The Balaban J connectivity index is 2.11. The number of rotatable bonds is 6. The minimum absolute atomic E-state index is 0.242. The fourth-order valence-electron chi connectivity index (χ4n) is 2.68. The van der Waals surface area contributed by atoms with Crippen LogP contribution in [0.5, 0.6) is 0 Å². The van der Waals surface area contributed by atoms with Crippen LogP contribution in [0.25, 0.3) is 0 Å². The van der Waals surface area contributed by atoms with E-state index in [-0.39, 0.29) is 24.2 Å². The van der Waals surface area contributed by atoms with Gasteiger partial charge in [-0.3, -0.25) is 9.59 Å². The summed E-state index contributed by atoms with van der Waals surface area (Å²) in [7, 11) is 0. The molecule has 0 aliphatic rings. The molecular weight excluding hydrogens is 331 g/mol. The zero-order valence-electron chi connectivity index (χ0n) is 15.7. The van der Waals surface area contributed by atoms with E-state index >= 15 is 0 Å². The molecule has 0 aliphatic heterocycles. The Labute approximate surface area is 154 Å². The molecule has 0 unspecified atom stereocenters. The van der Waals surface area contributed by atoms with E-state index in [9.17, 15) is 14.0 Å². The summed E-state index contributed by atoms with van der Waals surface area (Å²) in [5, 5.41) is 2.77. The molecule has 2 amide bonds. The molecule has 0 bridgehead atoms. The van der Waals surface area contributed by atoms with E-state index in [0.717, 1.165) is 16.8 Å². The number of amides is 2. The lowest BCUT2D eigenvalue weighted by molar-refractivity contribution is -0.139. The van der Waals surface area contributed by atoms with Gasteiger partial charge >= 0.3 is 0 Å². The van der Waals surface area contributed by atoms with E-state index in [0.29, 0.717) is 6.54 Å². The van der Waals surface area contributed by atoms with E-state index in [1.54, 1.807) is 30.9 Å². The summed E-state index contributed by atoms with van der Waals surface area (Å²) in [5.41, 5.74) is 1.37. The van der Waals surface area contributed by atoms with Crippen LogP contribution in [0.4, 0.5) is 10.1 Å². The van der Waals surface area contributed by atoms with Crippen molar-refractivity contribution in [2.75, 3.05) is 11.4 Å². The fraction of sp³-hybridized carbons (Fsp3) is 0.333. The molecule has 4 nitrogen and oxygen atoms in total. The van der Waals surface area contributed by atoms with Crippen molar-refractivity contribution in [3.63, 3.8) is 0 Å². The summed E-state index contributed by atoms with van der Waals surface area (Å²) in [6.07, 6.45) is 0. The van der Waals surface area contributed by atoms with Crippen LogP contribution < -0.4 is 10.2 Å². The average Bonchev–Trinajstić information content (AvgIpc) is 2.61. The highest BCUT2D eigenvalue weighted by Gasteiger charge is 2.39. The van der Waals surface area contributed by atoms with Gasteiger partial charge in [0, 0.05) is 18.8 Å². The summed E-state index contributed by atoms with van der Waals surface area (Å²) < 4.78 is 13.0. The maximum atomic E-state index is 13.0. The Morgan fingerprint density at radius 2 is 1.77 bits per heavy atom. The normalized spacial score (nSPS) is 11.1. The van der Waals surface area contributed by atoms with Gasteiger partial charge in [0.25, 0.3) is 0 Å². The molecule has 1 N–H and O–H groups in total. The van der Waals surface area contributed by atoms with Crippen LogP contribution in [0, 0.1) is 18.2 Å². The first-order chi connectivity index (χ1) is 12.3. The van der Waals surface area contributed by atoms with Crippen LogP contribution in [0.3, 0.4) is 0 Å². The third-order valence-electron chi connectivity index (χ3n) is 4.34. The Morgan fingerprint density at radius 3 is 2.35 bits per heavy atom. The van der Waals surface area contributed by atoms with Crippen molar-refractivity contribution in [3.05, 3.63) is 65.5 Å². The van der Waals surface area contributed by atoms with Crippen molar-refractivity contribution in [3.8, 4) is 0 Å². The molecule has 0 saturated heterocycles. The summed E-state index contributed by atoms with van der Waals surface area (Å²) >= 11 is 0. The van der Waals surface area contributed by atoms with Gasteiger partial charge in [0.2, 0.25) is 11.8 Å². The smallest absolute Gasteiger partial charge is 0.242 e. The van der Waals surface area contributed by atoms with Gasteiger partial charge in [-0.25, -0.2) is 4.39 Å². The second kappa shape index (κ2) is 8.13. The third kappa shape index (κ3) is 4.48. The lowest BCUT2D eigenvalue weighted by atomic mass is 9.89. The van der Waals surface area contributed by atoms with Crippen LogP contribution in [-0.4, -0.2) is 18.4 Å². The second-order valence-corrected chi connectivity index (χ2v) is 6.82. The first kappa shape index (κ1) is 19.6. The van der Waals surface area contributed by atoms with E-state index in [1.807, 2.05) is 38.1 Å². The molecule has 0 heterocycles. The van der Waals surface area contributed by atoms with Gasteiger partial charge in [0.05, 0.1) is 0 Å². The van der Waals surface area contributed by atoms with Gasteiger partial charge in [-0.05, 0) is 63.1 Å². The number of nitrogens with one attached hydrogen (secondary N) is 1. The van der Waals surface area contributed by atoms with Crippen LogP contribution in [0.1, 0.15) is 31.9 Å². The Hall–Kier alpha value is -2.69. The minimum Gasteiger partial charge on any atom is -0.351 e. The van der Waals surface area contributed by atoms with Crippen molar-refractivity contribution in [2.24, 2.45) is 5.41 Å². The van der Waals surface area contributed by atoms with Crippen LogP contribution in [0.2, 0.25) is 0 Å². The number of hydrogen-bond donors (Lipinski definition) is 1. The molecule has 0 radical (unpaired) electrons. The predicted molar refractivity (Wildman–Crippen MR) is 101 cm³/mol. The average molecular weight is 356 g/mol. The number of nitrogens with zero attached hydrogens (tertiary/aromatic N) is 1. The number of halogens is 1. The zero-order chi connectivity index (χ0) is 19.3.